The van der Waals surface area contributed by atoms with Crippen molar-refractivity contribution in [1.29, 1.82) is 10.5 Å². The van der Waals surface area contributed by atoms with E-state index in [4.69, 9.17) is 15.3 Å². The Balaban J connectivity index is 2.16. The van der Waals surface area contributed by atoms with Gasteiger partial charge >= 0.3 is 6.18 Å². The number of benzene rings is 2. The highest BCUT2D eigenvalue weighted by Crippen LogP contribution is 2.28. The van der Waals surface area contributed by atoms with Crippen LogP contribution in [0.1, 0.15) is 21.5 Å². The number of hydrogen-bond donors (Lipinski definition) is 1. The van der Waals surface area contributed by atoms with E-state index in [0.29, 0.717) is 0 Å². The van der Waals surface area contributed by atoms with Gasteiger partial charge in [0.05, 0.1) is 11.1 Å². The average Bonchev–Trinajstić information content (AvgIpc) is 2.59. The van der Waals surface area contributed by atoms with Crippen LogP contribution in [0.5, 0.6) is 11.5 Å². The average molecular weight is 345 g/mol. The number of ether oxygens (including phenoxy) is 1. The fourth-order valence-corrected chi connectivity index (χ4v) is 1.90. The van der Waals surface area contributed by atoms with Crippen molar-refractivity contribution in [3.8, 4) is 23.6 Å². The molecule has 0 fully saturated rings. The van der Waals surface area contributed by atoms with E-state index < -0.39 is 18.6 Å². The Bertz CT molecular complexity index is 830. The van der Waals surface area contributed by atoms with Crippen molar-refractivity contribution in [2.24, 2.45) is 0 Å². The Hall–Kier alpha value is -3.52. The van der Waals surface area contributed by atoms with Crippen LogP contribution in [0.25, 0.3) is 0 Å². The molecule has 25 heavy (non-hydrogen) atoms. The first kappa shape index (κ1) is 17.8. The number of para-hydroxylation sites is 1. The number of nitrogens with zero attached hydrogens (tertiary/aromatic N) is 2. The summed E-state index contributed by atoms with van der Waals surface area (Å²) in [7, 11) is 0. The molecule has 0 aliphatic carbocycles. The topological polar surface area (TPSA) is 85.9 Å². The summed E-state index contributed by atoms with van der Waals surface area (Å²) in [5, 5.41) is 19.9. The minimum Gasteiger partial charge on any atom is -0.455 e. The van der Waals surface area contributed by atoms with Crippen molar-refractivity contribution < 1.29 is 22.7 Å². The van der Waals surface area contributed by atoms with Crippen LogP contribution in [-0.2, 0) is 0 Å². The molecular weight excluding hydrogens is 335 g/mol. The van der Waals surface area contributed by atoms with Crippen LogP contribution in [0, 0.1) is 22.7 Å². The van der Waals surface area contributed by atoms with Crippen molar-refractivity contribution in [1.82, 2.24) is 5.32 Å². The molecule has 0 aliphatic rings. The van der Waals surface area contributed by atoms with Crippen LogP contribution in [0.3, 0.4) is 0 Å². The fourth-order valence-electron chi connectivity index (χ4n) is 1.90. The number of nitrogens with one attached hydrogen (secondary N) is 1. The van der Waals surface area contributed by atoms with Crippen LogP contribution in [-0.4, -0.2) is 18.6 Å². The van der Waals surface area contributed by atoms with E-state index in [0.717, 1.165) is 0 Å². The Labute approximate surface area is 140 Å². The lowest BCUT2D eigenvalue weighted by atomic mass is 10.1. The summed E-state index contributed by atoms with van der Waals surface area (Å²) in [6.07, 6.45) is -4.49. The molecule has 0 aromatic heterocycles. The molecule has 0 saturated carbocycles. The first-order valence-corrected chi connectivity index (χ1v) is 6.90. The molecule has 0 unspecified atom stereocenters. The molecular formula is C17H10F3N3O2. The Morgan fingerprint density at radius 1 is 1.04 bits per heavy atom. The van der Waals surface area contributed by atoms with Gasteiger partial charge in [-0.1, -0.05) is 6.07 Å². The second kappa shape index (κ2) is 7.37. The van der Waals surface area contributed by atoms with E-state index in [1.807, 2.05) is 12.1 Å². The van der Waals surface area contributed by atoms with Crippen molar-refractivity contribution in [3.05, 3.63) is 59.2 Å². The molecule has 0 radical (unpaired) electrons. The van der Waals surface area contributed by atoms with Crippen LogP contribution in [0.15, 0.2) is 42.5 Å². The number of rotatable bonds is 4. The summed E-state index contributed by atoms with van der Waals surface area (Å²) in [4.78, 5) is 11.6. The van der Waals surface area contributed by atoms with Gasteiger partial charge in [-0.05, 0) is 36.4 Å². The van der Waals surface area contributed by atoms with Gasteiger partial charge in [-0.15, -0.1) is 0 Å². The lowest BCUT2D eigenvalue weighted by Crippen LogP contribution is -2.33. The number of nitriles is 2. The van der Waals surface area contributed by atoms with Crippen molar-refractivity contribution >= 4 is 5.91 Å². The van der Waals surface area contributed by atoms with Gasteiger partial charge in [0, 0.05) is 5.56 Å². The van der Waals surface area contributed by atoms with Gasteiger partial charge in [0.1, 0.15) is 24.4 Å². The molecule has 0 atom stereocenters. The highest BCUT2D eigenvalue weighted by molar-refractivity contribution is 5.94. The van der Waals surface area contributed by atoms with Gasteiger partial charge in [-0.3, -0.25) is 4.79 Å². The Morgan fingerprint density at radius 3 is 2.08 bits per heavy atom. The second-order valence-corrected chi connectivity index (χ2v) is 4.83. The quantitative estimate of drug-likeness (QED) is 0.919. The molecule has 2 aromatic rings. The fraction of sp³-hybridized carbons (Fsp3) is 0.118. The first-order chi connectivity index (χ1) is 11.8. The van der Waals surface area contributed by atoms with E-state index in [1.54, 1.807) is 5.32 Å². The lowest BCUT2D eigenvalue weighted by molar-refractivity contribution is -0.123. The highest BCUT2D eigenvalue weighted by atomic mass is 19.4. The third kappa shape index (κ3) is 4.72. The predicted octanol–water partition coefficient (Wildman–Crippen LogP) is 3.51. The van der Waals surface area contributed by atoms with E-state index in [2.05, 4.69) is 0 Å². The van der Waals surface area contributed by atoms with Crippen molar-refractivity contribution in [3.63, 3.8) is 0 Å². The maximum atomic E-state index is 12.1. The summed E-state index contributed by atoms with van der Waals surface area (Å²) < 4.78 is 41.8. The monoisotopic (exact) mass is 345 g/mol. The van der Waals surface area contributed by atoms with Crippen LogP contribution in [0.2, 0.25) is 0 Å². The molecule has 8 heteroatoms. The second-order valence-electron chi connectivity index (χ2n) is 4.83. The zero-order valence-electron chi connectivity index (χ0n) is 12.6. The Morgan fingerprint density at radius 2 is 1.60 bits per heavy atom. The minimum atomic E-state index is -4.49. The molecule has 1 amide bonds. The zero-order valence-corrected chi connectivity index (χ0v) is 12.6. The summed E-state index contributed by atoms with van der Waals surface area (Å²) in [5.74, 6) is -0.577. The molecule has 0 spiro atoms. The molecule has 1 N–H and O–H groups in total. The molecule has 2 aromatic carbocycles. The van der Waals surface area contributed by atoms with Gasteiger partial charge in [-0.25, -0.2) is 0 Å². The number of hydrogen-bond acceptors (Lipinski definition) is 4. The van der Waals surface area contributed by atoms with Gasteiger partial charge in [0.2, 0.25) is 0 Å². The standard InChI is InChI=1S/C17H10F3N3O2/c18-17(19,20)10-23-16(24)11-4-6-14(7-5-11)25-15-12(8-21)2-1-3-13(15)9-22/h1-7H,10H2,(H,23,24). The first-order valence-electron chi connectivity index (χ1n) is 6.90. The van der Waals surface area contributed by atoms with E-state index in [9.17, 15) is 18.0 Å². The highest BCUT2D eigenvalue weighted by Gasteiger charge is 2.27. The third-order valence-electron chi connectivity index (χ3n) is 3.04. The summed E-state index contributed by atoms with van der Waals surface area (Å²) in [6.45, 7) is -1.43. The van der Waals surface area contributed by atoms with E-state index in [1.165, 1.54) is 42.5 Å². The molecule has 0 saturated heterocycles. The predicted molar refractivity (Wildman–Crippen MR) is 80.8 cm³/mol. The number of amides is 1. The minimum absolute atomic E-state index is 0.0191. The van der Waals surface area contributed by atoms with Crippen molar-refractivity contribution in [2.45, 2.75) is 6.18 Å². The molecule has 5 nitrogen and oxygen atoms in total. The van der Waals surface area contributed by atoms with Gasteiger partial charge in [0.25, 0.3) is 5.91 Å². The molecule has 126 valence electrons. The van der Waals surface area contributed by atoms with E-state index in [-0.39, 0.29) is 28.2 Å². The number of halogens is 3. The largest absolute Gasteiger partial charge is 0.455 e. The molecule has 2 rings (SSSR count). The SMILES string of the molecule is N#Cc1cccc(C#N)c1Oc1ccc(C(=O)NCC(F)(F)F)cc1. The van der Waals surface area contributed by atoms with E-state index >= 15 is 0 Å². The molecule has 0 heterocycles. The summed E-state index contributed by atoms with van der Waals surface area (Å²) >= 11 is 0. The van der Waals surface area contributed by atoms with Gasteiger partial charge in [0.15, 0.2) is 5.75 Å². The number of carbonyl (C=O) groups excluding carboxylic acids is 1. The van der Waals surface area contributed by atoms with Crippen LogP contribution in [0.4, 0.5) is 13.2 Å². The summed E-state index contributed by atoms with van der Waals surface area (Å²) in [5.41, 5.74) is 0.336. The maximum Gasteiger partial charge on any atom is 0.405 e. The normalized spacial score (nSPS) is 10.4. The van der Waals surface area contributed by atoms with Crippen molar-refractivity contribution in [2.75, 3.05) is 6.54 Å². The zero-order chi connectivity index (χ0) is 18.4. The number of carbonyl (C=O) groups is 1. The smallest absolute Gasteiger partial charge is 0.405 e. The maximum absolute atomic E-state index is 12.1. The number of alkyl halides is 3. The Kier molecular flexibility index (Phi) is 5.25. The third-order valence-corrected chi connectivity index (χ3v) is 3.04. The van der Waals surface area contributed by atoms with Crippen LogP contribution >= 0.6 is 0 Å². The summed E-state index contributed by atoms with van der Waals surface area (Å²) in [6, 6.07) is 13.6. The van der Waals surface area contributed by atoms with Crippen LogP contribution < -0.4 is 10.1 Å². The molecule has 0 bridgehead atoms. The molecule has 0 aliphatic heterocycles. The van der Waals surface area contributed by atoms with Gasteiger partial charge in [-0.2, -0.15) is 23.7 Å². The van der Waals surface area contributed by atoms with Gasteiger partial charge < -0.3 is 10.1 Å². The lowest BCUT2D eigenvalue weighted by Gasteiger charge is -2.10.